The molecule has 0 radical (unpaired) electrons. The van der Waals surface area contributed by atoms with Crippen LogP contribution in [0.25, 0.3) is 0 Å². The van der Waals surface area contributed by atoms with Crippen LogP contribution in [0.3, 0.4) is 0 Å². The molecule has 1 aromatic heterocycles. The Morgan fingerprint density at radius 2 is 2.27 bits per heavy atom. The third-order valence-electron chi connectivity index (χ3n) is 2.41. The van der Waals surface area contributed by atoms with E-state index in [0.717, 1.165) is 17.4 Å². The molecular formula is C10H14Br2N2O. The van der Waals surface area contributed by atoms with Crippen LogP contribution in [-0.2, 0) is 6.54 Å². The fourth-order valence-corrected chi connectivity index (χ4v) is 2.23. The zero-order valence-electron chi connectivity index (χ0n) is 8.83. The van der Waals surface area contributed by atoms with E-state index in [1.807, 2.05) is 6.92 Å². The normalized spacial score (nSPS) is 12.8. The van der Waals surface area contributed by atoms with E-state index in [1.54, 1.807) is 10.9 Å². The summed E-state index contributed by atoms with van der Waals surface area (Å²) in [5, 5.41) is 0.904. The van der Waals surface area contributed by atoms with Crippen LogP contribution in [0.1, 0.15) is 19.0 Å². The largest absolute Gasteiger partial charge is 0.298 e. The van der Waals surface area contributed by atoms with Gasteiger partial charge in [0.2, 0.25) is 0 Å². The number of alkyl halides is 1. The maximum absolute atomic E-state index is 11.8. The first-order chi connectivity index (χ1) is 7.10. The number of hydrogen-bond donors (Lipinski definition) is 0. The summed E-state index contributed by atoms with van der Waals surface area (Å²) in [5.74, 6) is 0.471. The van der Waals surface area contributed by atoms with E-state index < -0.39 is 0 Å². The molecule has 0 aromatic carbocycles. The second-order valence-electron chi connectivity index (χ2n) is 3.53. The first-order valence-electron chi connectivity index (χ1n) is 4.87. The van der Waals surface area contributed by atoms with Crippen LogP contribution in [0.5, 0.6) is 0 Å². The summed E-state index contributed by atoms with van der Waals surface area (Å²) in [6.07, 6.45) is 2.66. The Morgan fingerprint density at radius 1 is 1.60 bits per heavy atom. The first-order valence-corrected chi connectivity index (χ1v) is 6.79. The smallest absolute Gasteiger partial charge is 0.267 e. The van der Waals surface area contributed by atoms with E-state index in [1.165, 1.54) is 0 Å². The lowest BCUT2D eigenvalue weighted by Crippen LogP contribution is -2.26. The Kier molecular flexibility index (Phi) is 4.99. The minimum Gasteiger partial charge on any atom is -0.298 e. The van der Waals surface area contributed by atoms with Crippen LogP contribution in [0, 0.1) is 12.8 Å². The van der Waals surface area contributed by atoms with Gasteiger partial charge in [-0.2, -0.15) is 0 Å². The van der Waals surface area contributed by atoms with Crippen LogP contribution >= 0.6 is 31.9 Å². The van der Waals surface area contributed by atoms with Gasteiger partial charge in [-0.05, 0) is 28.8 Å². The molecule has 1 atom stereocenters. The summed E-state index contributed by atoms with van der Waals surface area (Å²) in [5.41, 5.74) is 0.741. The van der Waals surface area contributed by atoms with Crippen molar-refractivity contribution in [3.63, 3.8) is 0 Å². The van der Waals surface area contributed by atoms with Gasteiger partial charge in [-0.3, -0.25) is 9.36 Å². The molecule has 0 N–H and O–H groups in total. The van der Waals surface area contributed by atoms with Crippen molar-refractivity contribution in [1.29, 1.82) is 0 Å². The van der Waals surface area contributed by atoms with Crippen LogP contribution in [0.2, 0.25) is 0 Å². The molecule has 1 aromatic rings. The molecule has 0 aliphatic carbocycles. The van der Waals surface area contributed by atoms with Crippen LogP contribution in [0.15, 0.2) is 15.6 Å². The number of aryl methyl sites for hydroxylation is 1. The third kappa shape index (κ3) is 3.14. The maximum atomic E-state index is 11.8. The average molecular weight is 338 g/mol. The van der Waals surface area contributed by atoms with Crippen molar-refractivity contribution in [3.8, 4) is 0 Å². The lowest BCUT2D eigenvalue weighted by atomic mass is 10.1. The van der Waals surface area contributed by atoms with Crippen LogP contribution in [0.4, 0.5) is 0 Å². The molecule has 0 aliphatic heterocycles. The van der Waals surface area contributed by atoms with E-state index in [0.29, 0.717) is 16.9 Å². The van der Waals surface area contributed by atoms with Crippen molar-refractivity contribution < 1.29 is 0 Å². The van der Waals surface area contributed by atoms with Crippen molar-refractivity contribution in [2.24, 2.45) is 5.92 Å². The van der Waals surface area contributed by atoms with Crippen molar-refractivity contribution in [1.82, 2.24) is 9.55 Å². The van der Waals surface area contributed by atoms with Crippen molar-refractivity contribution >= 4 is 31.9 Å². The molecule has 1 rings (SSSR count). The van der Waals surface area contributed by atoms with Gasteiger partial charge in [0.15, 0.2) is 0 Å². The van der Waals surface area contributed by atoms with Gasteiger partial charge in [0, 0.05) is 11.9 Å². The molecule has 0 amide bonds. The lowest BCUT2D eigenvalue weighted by molar-refractivity contribution is 0.463. The fourth-order valence-electron chi connectivity index (χ4n) is 1.24. The van der Waals surface area contributed by atoms with E-state index in [-0.39, 0.29) is 5.56 Å². The van der Waals surface area contributed by atoms with Crippen molar-refractivity contribution in [3.05, 3.63) is 26.8 Å². The average Bonchev–Trinajstić information content (AvgIpc) is 2.25. The van der Waals surface area contributed by atoms with Crippen molar-refractivity contribution in [2.75, 3.05) is 5.33 Å². The molecule has 1 unspecified atom stereocenters. The Labute approximate surface area is 106 Å². The zero-order chi connectivity index (χ0) is 11.4. The van der Waals surface area contributed by atoms with Gasteiger partial charge in [-0.15, -0.1) is 0 Å². The highest BCUT2D eigenvalue weighted by Gasteiger charge is 2.09. The topological polar surface area (TPSA) is 34.9 Å². The summed E-state index contributed by atoms with van der Waals surface area (Å²) >= 11 is 6.70. The molecule has 84 valence electrons. The van der Waals surface area contributed by atoms with Crippen molar-refractivity contribution in [2.45, 2.75) is 26.8 Å². The SMILES string of the molecule is CCC(CBr)Cn1cnc(C)c(Br)c1=O. The zero-order valence-corrected chi connectivity index (χ0v) is 12.0. The predicted molar refractivity (Wildman–Crippen MR) is 68.5 cm³/mol. The third-order valence-corrected chi connectivity index (χ3v) is 4.24. The molecule has 5 heteroatoms. The molecule has 15 heavy (non-hydrogen) atoms. The van der Waals surface area contributed by atoms with Gasteiger partial charge in [0.25, 0.3) is 5.56 Å². The lowest BCUT2D eigenvalue weighted by Gasteiger charge is -2.13. The van der Waals surface area contributed by atoms with Gasteiger partial charge in [-0.1, -0.05) is 29.3 Å². The molecule has 0 saturated heterocycles. The van der Waals surface area contributed by atoms with E-state index in [4.69, 9.17) is 0 Å². The second-order valence-corrected chi connectivity index (χ2v) is 4.97. The van der Waals surface area contributed by atoms with Gasteiger partial charge >= 0.3 is 0 Å². The number of halogens is 2. The Bertz CT molecular complexity index is 385. The molecule has 1 heterocycles. The number of aromatic nitrogens is 2. The van der Waals surface area contributed by atoms with E-state index >= 15 is 0 Å². The number of hydrogen-bond acceptors (Lipinski definition) is 2. The fraction of sp³-hybridized carbons (Fsp3) is 0.600. The molecule has 0 aliphatic rings. The Morgan fingerprint density at radius 3 is 2.80 bits per heavy atom. The maximum Gasteiger partial charge on any atom is 0.267 e. The Balaban J connectivity index is 2.96. The van der Waals surface area contributed by atoms with Gasteiger partial charge < -0.3 is 0 Å². The minimum absolute atomic E-state index is 0.00176. The molecular weight excluding hydrogens is 324 g/mol. The molecule has 0 saturated carbocycles. The summed E-state index contributed by atoms with van der Waals surface area (Å²) in [4.78, 5) is 16.0. The summed E-state index contributed by atoms with van der Waals surface area (Å²) in [6.45, 7) is 4.65. The summed E-state index contributed by atoms with van der Waals surface area (Å²) < 4.78 is 2.22. The highest BCUT2D eigenvalue weighted by atomic mass is 79.9. The van der Waals surface area contributed by atoms with Gasteiger partial charge in [0.05, 0.1) is 12.0 Å². The van der Waals surface area contributed by atoms with Crippen LogP contribution < -0.4 is 5.56 Å². The number of nitrogens with zero attached hydrogens (tertiary/aromatic N) is 2. The Hall–Kier alpha value is -0.160. The van der Waals surface area contributed by atoms with E-state index in [2.05, 4.69) is 43.8 Å². The quantitative estimate of drug-likeness (QED) is 0.792. The van der Waals surface area contributed by atoms with E-state index in [9.17, 15) is 4.79 Å². The van der Waals surface area contributed by atoms with Gasteiger partial charge in [0.1, 0.15) is 4.47 Å². The number of rotatable bonds is 4. The first kappa shape index (κ1) is 12.9. The summed E-state index contributed by atoms with van der Waals surface area (Å²) in [7, 11) is 0. The molecule has 0 spiro atoms. The highest BCUT2D eigenvalue weighted by molar-refractivity contribution is 9.10. The van der Waals surface area contributed by atoms with Crippen LogP contribution in [-0.4, -0.2) is 14.9 Å². The standard InChI is InChI=1S/C10H14Br2N2O/c1-3-8(4-11)5-14-6-13-7(2)9(12)10(14)15/h6,8H,3-5H2,1-2H3. The second kappa shape index (κ2) is 5.80. The predicted octanol–water partition coefficient (Wildman–Crippen LogP) is 2.74. The minimum atomic E-state index is 0.00176. The monoisotopic (exact) mass is 336 g/mol. The molecule has 3 nitrogen and oxygen atoms in total. The molecule has 0 fully saturated rings. The highest BCUT2D eigenvalue weighted by Crippen LogP contribution is 2.10. The summed E-state index contributed by atoms with van der Waals surface area (Å²) in [6, 6.07) is 0. The molecule has 0 bridgehead atoms. The van der Waals surface area contributed by atoms with Gasteiger partial charge in [-0.25, -0.2) is 4.98 Å².